The van der Waals surface area contributed by atoms with Crippen molar-refractivity contribution in [2.75, 3.05) is 13.2 Å². The second kappa shape index (κ2) is 8.79. The molecule has 3 rings (SSSR count). The van der Waals surface area contributed by atoms with Crippen LogP contribution in [0, 0.1) is 0 Å². The molecule has 0 saturated carbocycles. The van der Waals surface area contributed by atoms with Gasteiger partial charge < -0.3 is 23.4 Å². The molecule has 0 aliphatic carbocycles. The molecule has 34 heavy (non-hydrogen) atoms. The summed E-state index contributed by atoms with van der Waals surface area (Å²) < 4.78 is 27.3. The zero-order valence-electron chi connectivity index (χ0n) is 22.2. The van der Waals surface area contributed by atoms with Crippen LogP contribution in [0.3, 0.4) is 0 Å². The highest BCUT2D eigenvalue weighted by atomic mass is 28.4. The molecule has 0 bridgehead atoms. The van der Waals surface area contributed by atoms with E-state index >= 15 is 0 Å². The van der Waals surface area contributed by atoms with Crippen LogP contribution >= 0.6 is 0 Å². The summed E-state index contributed by atoms with van der Waals surface area (Å²) in [5.41, 5.74) is -2.00. The van der Waals surface area contributed by atoms with Crippen LogP contribution in [0.4, 0.5) is 0 Å². The highest BCUT2D eigenvalue weighted by Crippen LogP contribution is 2.56. The summed E-state index contributed by atoms with van der Waals surface area (Å²) in [5, 5.41) is 9.96. The number of hydrogen-bond acceptors (Lipinski definition) is 7. The molecule has 2 saturated heterocycles. The molecule has 0 aromatic carbocycles. The molecule has 0 radical (unpaired) electrons. The van der Waals surface area contributed by atoms with Gasteiger partial charge >= 0.3 is 5.69 Å². The highest BCUT2D eigenvalue weighted by Gasteiger charge is 2.74. The fourth-order valence-electron chi connectivity index (χ4n) is 3.83. The number of nitrogens with one attached hydrogen (secondary N) is 1. The monoisotopic (exact) mass is 514 g/mol. The van der Waals surface area contributed by atoms with Gasteiger partial charge in [0.2, 0.25) is 0 Å². The highest BCUT2D eigenvalue weighted by molar-refractivity contribution is 6.74. The Balaban J connectivity index is 2.04. The number of aromatic nitrogens is 2. The van der Waals surface area contributed by atoms with Crippen molar-refractivity contribution in [3.8, 4) is 0 Å². The van der Waals surface area contributed by atoms with E-state index in [1.54, 1.807) is 0 Å². The van der Waals surface area contributed by atoms with E-state index in [1.165, 1.54) is 16.8 Å². The van der Waals surface area contributed by atoms with Crippen molar-refractivity contribution < 1.29 is 23.4 Å². The molecule has 1 aromatic rings. The number of rotatable bonds is 7. The first-order valence-electron chi connectivity index (χ1n) is 11.9. The number of aliphatic hydroxyl groups is 1. The third-order valence-electron chi connectivity index (χ3n) is 8.22. The predicted octanol–water partition coefficient (Wildman–Crippen LogP) is 2.98. The van der Waals surface area contributed by atoms with Crippen LogP contribution in [-0.2, 0) is 18.3 Å². The third kappa shape index (κ3) is 4.80. The molecule has 0 amide bonds. The Morgan fingerprint density at radius 3 is 2.12 bits per heavy atom. The average molecular weight is 515 g/mol. The molecule has 9 nitrogen and oxygen atoms in total. The van der Waals surface area contributed by atoms with Crippen LogP contribution in [0.5, 0.6) is 0 Å². The summed E-state index contributed by atoms with van der Waals surface area (Å²) in [6, 6.07) is 1.29. The maximum atomic E-state index is 12.7. The summed E-state index contributed by atoms with van der Waals surface area (Å²) in [4.78, 5) is 26.7. The lowest BCUT2D eigenvalue weighted by molar-refractivity contribution is -0.0498. The molecular formula is C23H42N2O7Si2. The van der Waals surface area contributed by atoms with E-state index in [4.69, 9.17) is 18.3 Å². The van der Waals surface area contributed by atoms with E-state index in [2.05, 4.69) is 72.7 Å². The first kappa shape index (κ1) is 27.5. The van der Waals surface area contributed by atoms with Gasteiger partial charge in [-0.2, -0.15) is 0 Å². The van der Waals surface area contributed by atoms with Crippen molar-refractivity contribution in [3.05, 3.63) is 33.1 Å². The number of aliphatic hydroxyl groups excluding tert-OH is 1. The number of ether oxygens (including phenoxy) is 2. The van der Waals surface area contributed by atoms with E-state index in [0.29, 0.717) is 0 Å². The summed E-state index contributed by atoms with van der Waals surface area (Å²) in [7, 11) is -4.45. The molecule has 3 unspecified atom stereocenters. The topological polar surface area (TPSA) is 115 Å². The lowest BCUT2D eigenvalue weighted by Crippen LogP contribution is -2.52. The van der Waals surface area contributed by atoms with Crippen molar-refractivity contribution in [2.45, 2.75) is 108 Å². The Hall–Kier alpha value is -1.09. The number of hydrogen-bond donors (Lipinski definition) is 2. The summed E-state index contributed by atoms with van der Waals surface area (Å²) in [6.45, 7) is 21.6. The predicted molar refractivity (Wildman–Crippen MR) is 135 cm³/mol. The minimum Gasteiger partial charge on any atom is -0.414 e. The largest absolute Gasteiger partial charge is 0.414 e. The first-order chi connectivity index (χ1) is 15.4. The third-order valence-corrected chi connectivity index (χ3v) is 17.2. The van der Waals surface area contributed by atoms with E-state index in [9.17, 15) is 14.7 Å². The Labute approximate surface area is 204 Å². The second-order valence-electron chi connectivity index (χ2n) is 12.5. The molecule has 3 heterocycles. The first-order valence-corrected chi connectivity index (χ1v) is 17.8. The standard InChI is InChI=1S/C23H42N2O7Si2/c1-21(2,3)33(7,8)29-14-16-23(15(13-26)31-23)18(32-34(9,10)22(4,5)6)19(30-16)25-12-11-17(27)24-20(25)28/h11-12,15-16,18-19,26H,13-14H2,1-10H3,(H,24,27,28)/t15-,16?,18?,19?,23-/m1/s1. The van der Waals surface area contributed by atoms with Crippen LogP contribution in [0.1, 0.15) is 47.8 Å². The maximum absolute atomic E-state index is 12.7. The lowest BCUT2D eigenvalue weighted by Gasteiger charge is -2.40. The van der Waals surface area contributed by atoms with Gasteiger partial charge in [-0.25, -0.2) is 4.79 Å². The maximum Gasteiger partial charge on any atom is 0.330 e. The molecule has 1 aromatic heterocycles. The van der Waals surface area contributed by atoms with Crippen LogP contribution in [0.2, 0.25) is 36.3 Å². The summed E-state index contributed by atoms with van der Waals surface area (Å²) in [5.74, 6) is 0. The molecule has 5 atom stereocenters. The quantitative estimate of drug-likeness (QED) is 0.424. The van der Waals surface area contributed by atoms with Crippen molar-refractivity contribution in [3.63, 3.8) is 0 Å². The Kier molecular flexibility index (Phi) is 7.11. The molecule has 11 heteroatoms. The van der Waals surface area contributed by atoms with Crippen LogP contribution in [-0.4, -0.2) is 68.4 Å². The van der Waals surface area contributed by atoms with Gasteiger partial charge in [-0.1, -0.05) is 41.5 Å². The normalized spacial score (nSPS) is 30.2. The fourth-order valence-corrected chi connectivity index (χ4v) is 6.12. The molecule has 2 fully saturated rings. The van der Waals surface area contributed by atoms with Gasteiger partial charge in [-0.3, -0.25) is 14.3 Å². The Morgan fingerprint density at radius 2 is 1.65 bits per heavy atom. The van der Waals surface area contributed by atoms with Gasteiger partial charge in [0.15, 0.2) is 28.5 Å². The van der Waals surface area contributed by atoms with E-state index in [1.807, 2.05) is 0 Å². The zero-order chi connectivity index (χ0) is 25.9. The van der Waals surface area contributed by atoms with E-state index in [0.717, 1.165) is 0 Å². The van der Waals surface area contributed by atoms with Crippen LogP contribution in [0.15, 0.2) is 21.9 Å². The minimum atomic E-state index is -2.34. The van der Waals surface area contributed by atoms with Gasteiger partial charge in [0, 0.05) is 12.3 Å². The fraction of sp³-hybridized carbons (Fsp3) is 0.826. The van der Waals surface area contributed by atoms with E-state index < -0.39 is 58.0 Å². The molecule has 1 spiro atoms. The second-order valence-corrected chi connectivity index (χ2v) is 22.1. The smallest absolute Gasteiger partial charge is 0.330 e. The van der Waals surface area contributed by atoms with Gasteiger partial charge in [0.05, 0.1) is 13.2 Å². The molecule has 2 aliphatic heterocycles. The number of aromatic amines is 1. The van der Waals surface area contributed by atoms with Gasteiger partial charge in [0.1, 0.15) is 18.3 Å². The van der Waals surface area contributed by atoms with Crippen molar-refractivity contribution >= 4 is 16.6 Å². The number of H-pyrrole nitrogens is 1. The molecule has 2 N–H and O–H groups in total. The average Bonchev–Trinajstić information content (AvgIpc) is 3.33. The molecule has 194 valence electrons. The van der Waals surface area contributed by atoms with Gasteiger partial charge in [0.25, 0.3) is 5.56 Å². The van der Waals surface area contributed by atoms with Crippen LogP contribution < -0.4 is 11.2 Å². The molecule has 2 aliphatic rings. The van der Waals surface area contributed by atoms with E-state index in [-0.39, 0.29) is 23.3 Å². The summed E-state index contributed by atoms with van der Waals surface area (Å²) >= 11 is 0. The Morgan fingerprint density at radius 1 is 1.06 bits per heavy atom. The van der Waals surface area contributed by atoms with Crippen molar-refractivity contribution in [1.29, 1.82) is 0 Å². The van der Waals surface area contributed by atoms with Gasteiger partial charge in [-0.15, -0.1) is 0 Å². The van der Waals surface area contributed by atoms with Gasteiger partial charge in [-0.05, 0) is 36.3 Å². The minimum absolute atomic E-state index is 0.00581. The number of nitrogens with zero attached hydrogens (tertiary/aromatic N) is 1. The summed E-state index contributed by atoms with van der Waals surface area (Å²) in [6.07, 6.45) is -1.09. The Bertz CT molecular complexity index is 1010. The molecular weight excluding hydrogens is 472 g/mol. The van der Waals surface area contributed by atoms with Crippen molar-refractivity contribution in [2.24, 2.45) is 0 Å². The lowest BCUT2D eigenvalue weighted by atomic mass is 9.94. The SMILES string of the molecule is CC(C)(C)[Si](C)(C)OCC1OC(n2ccc(=O)[nH]c2=O)C(O[Si](C)(C)C(C)(C)C)[C@]12O[C@@H]2CO. The van der Waals surface area contributed by atoms with Crippen LogP contribution in [0.25, 0.3) is 0 Å². The van der Waals surface area contributed by atoms with Crippen molar-refractivity contribution in [1.82, 2.24) is 9.55 Å². The zero-order valence-corrected chi connectivity index (χ0v) is 24.2. The number of epoxide rings is 1.